The van der Waals surface area contributed by atoms with Crippen LogP contribution in [0.2, 0.25) is 0 Å². The molecule has 0 radical (unpaired) electrons. The van der Waals surface area contributed by atoms with Crippen molar-refractivity contribution in [1.29, 1.82) is 0 Å². The van der Waals surface area contributed by atoms with E-state index in [1.54, 1.807) is 24.3 Å². The van der Waals surface area contributed by atoms with E-state index in [-0.39, 0.29) is 12.3 Å². The molecule has 0 aliphatic heterocycles. The molecule has 0 aliphatic rings. The van der Waals surface area contributed by atoms with E-state index in [4.69, 9.17) is 11.6 Å². The van der Waals surface area contributed by atoms with Gasteiger partial charge in [0.25, 0.3) is 0 Å². The molecule has 0 amide bonds. The van der Waals surface area contributed by atoms with Gasteiger partial charge in [0.2, 0.25) is 15.3 Å². The van der Waals surface area contributed by atoms with Crippen LogP contribution in [-0.4, -0.2) is 26.0 Å². The minimum absolute atomic E-state index is 0.0812. The smallest absolute Gasteiger partial charge is 0.242 e. The molecule has 1 rings (SSSR count). The van der Waals surface area contributed by atoms with Gasteiger partial charge in [0.15, 0.2) is 0 Å². The number of halogens is 2. The van der Waals surface area contributed by atoms with Crippen molar-refractivity contribution in [1.82, 2.24) is 0 Å². The normalized spacial score (nSPS) is 11.2. The summed E-state index contributed by atoms with van der Waals surface area (Å²) in [5.74, 6) is -0.0812. The number of para-hydroxylation sites is 1. The fraction of sp³-hybridized carbons (Fsp3) is 0.300. The third-order valence-electron chi connectivity index (χ3n) is 2.09. The van der Waals surface area contributed by atoms with E-state index in [0.29, 0.717) is 5.69 Å². The summed E-state index contributed by atoms with van der Waals surface area (Å²) in [5.41, 5.74) is 0.476. The fourth-order valence-electron chi connectivity index (χ4n) is 1.26. The van der Waals surface area contributed by atoms with E-state index < -0.39 is 15.3 Å². The summed E-state index contributed by atoms with van der Waals surface area (Å²) in [6, 6.07) is 6.93. The van der Waals surface area contributed by atoms with Crippen LogP contribution in [-0.2, 0) is 14.8 Å². The maximum absolute atomic E-state index is 11.9. The molecule has 1 aromatic rings. The van der Waals surface area contributed by atoms with Gasteiger partial charge in [-0.2, -0.15) is 0 Å². The van der Waals surface area contributed by atoms with Gasteiger partial charge in [0.1, 0.15) is 6.54 Å². The fourth-order valence-corrected chi connectivity index (χ4v) is 3.37. The van der Waals surface area contributed by atoms with Crippen molar-refractivity contribution in [2.24, 2.45) is 0 Å². The van der Waals surface area contributed by atoms with Crippen LogP contribution in [0.4, 0.5) is 5.69 Å². The third kappa shape index (κ3) is 3.82. The van der Waals surface area contributed by atoms with E-state index in [9.17, 15) is 13.2 Å². The van der Waals surface area contributed by atoms with Crippen LogP contribution in [0, 0.1) is 3.57 Å². The minimum atomic E-state index is -3.51. The Labute approximate surface area is 119 Å². The quantitative estimate of drug-likeness (QED) is 0.575. The van der Waals surface area contributed by atoms with Gasteiger partial charge in [-0.3, -0.25) is 9.10 Å². The molecule has 0 atom stereocenters. The molecule has 7 heteroatoms. The Hall–Kier alpha value is -0.340. The van der Waals surface area contributed by atoms with Crippen LogP contribution in [0.5, 0.6) is 0 Å². The zero-order valence-electron chi connectivity index (χ0n) is 9.06. The molecule has 0 saturated carbocycles. The van der Waals surface area contributed by atoms with Crippen molar-refractivity contribution in [2.45, 2.75) is 6.92 Å². The molecule has 94 valence electrons. The van der Waals surface area contributed by atoms with Crippen LogP contribution in [0.3, 0.4) is 0 Å². The average Bonchev–Trinajstić information content (AvgIpc) is 2.26. The summed E-state index contributed by atoms with van der Waals surface area (Å²) >= 11 is 7.31. The summed E-state index contributed by atoms with van der Waals surface area (Å²) in [6.45, 7) is 1.18. The number of rotatable bonds is 5. The maximum Gasteiger partial charge on any atom is 0.242 e. The van der Waals surface area contributed by atoms with Gasteiger partial charge in [-0.25, -0.2) is 8.42 Å². The Morgan fingerprint density at radius 3 is 2.47 bits per heavy atom. The first-order valence-corrected chi connectivity index (χ1v) is 7.88. The lowest BCUT2D eigenvalue weighted by molar-refractivity contribution is -0.110. The van der Waals surface area contributed by atoms with Crippen LogP contribution in [0.25, 0.3) is 0 Å². The highest BCUT2D eigenvalue weighted by atomic mass is 127. The Morgan fingerprint density at radius 1 is 1.41 bits per heavy atom. The second-order valence-electron chi connectivity index (χ2n) is 3.21. The third-order valence-corrected chi connectivity index (χ3v) is 4.85. The molecule has 4 nitrogen and oxygen atoms in total. The molecule has 0 aromatic heterocycles. The summed E-state index contributed by atoms with van der Waals surface area (Å²) in [6.07, 6.45) is 0. The van der Waals surface area contributed by atoms with Gasteiger partial charge in [-0.1, -0.05) is 12.1 Å². The standard InChI is InChI=1S/C10H11ClINO3S/c1-2-17(15,16)13(7-10(11)14)9-6-4-3-5-8(9)12/h3-6H,2,7H2,1H3. The molecule has 0 saturated heterocycles. The lowest BCUT2D eigenvalue weighted by Gasteiger charge is -2.23. The van der Waals surface area contributed by atoms with Gasteiger partial charge < -0.3 is 0 Å². The number of nitrogens with zero attached hydrogens (tertiary/aromatic N) is 1. The van der Waals surface area contributed by atoms with Crippen LogP contribution in [0.1, 0.15) is 6.92 Å². The zero-order valence-corrected chi connectivity index (χ0v) is 12.8. The zero-order chi connectivity index (χ0) is 13.1. The number of hydrogen-bond acceptors (Lipinski definition) is 3. The van der Waals surface area contributed by atoms with E-state index in [1.165, 1.54) is 6.92 Å². The molecular weight excluding hydrogens is 377 g/mol. The van der Waals surface area contributed by atoms with E-state index in [0.717, 1.165) is 7.88 Å². The van der Waals surface area contributed by atoms with E-state index in [2.05, 4.69) is 0 Å². The lowest BCUT2D eigenvalue weighted by Crippen LogP contribution is -2.36. The van der Waals surface area contributed by atoms with Crippen molar-refractivity contribution >= 4 is 55.1 Å². The van der Waals surface area contributed by atoms with Gasteiger partial charge in [-0.05, 0) is 53.2 Å². The molecule has 0 aliphatic carbocycles. The van der Waals surface area contributed by atoms with Crippen molar-refractivity contribution < 1.29 is 13.2 Å². The Balaban J connectivity index is 3.25. The molecule has 0 bridgehead atoms. The molecule has 17 heavy (non-hydrogen) atoms. The average molecular weight is 388 g/mol. The van der Waals surface area contributed by atoms with E-state index in [1.807, 2.05) is 22.6 Å². The summed E-state index contributed by atoms with van der Waals surface area (Å²) < 4.78 is 25.6. The predicted molar refractivity (Wildman–Crippen MR) is 76.8 cm³/mol. The lowest BCUT2D eigenvalue weighted by atomic mass is 10.3. The molecule has 0 heterocycles. The van der Waals surface area contributed by atoms with Gasteiger partial charge in [0.05, 0.1) is 11.4 Å². The highest BCUT2D eigenvalue weighted by molar-refractivity contribution is 14.1. The maximum atomic E-state index is 11.9. The van der Waals surface area contributed by atoms with Gasteiger partial charge in [-0.15, -0.1) is 0 Å². The first kappa shape index (κ1) is 14.7. The topological polar surface area (TPSA) is 54.5 Å². The Bertz CT molecular complexity index is 518. The largest absolute Gasteiger partial charge is 0.279 e. The summed E-state index contributed by atoms with van der Waals surface area (Å²) in [4.78, 5) is 11.0. The van der Waals surface area contributed by atoms with Gasteiger partial charge in [0, 0.05) is 3.57 Å². The molecular formula is C10H11ClINO3S. The summed E-state index contributed by atoms with van der Waals surface area (Å²) in [7, 11) is -3.51. The van der Waals surface area contributed by atoms with E-state index >= 15 is 0 Å². The number of hydrogen-bond donors (Lipinski definition) is 0. The second-order valence-corrected chi connectivity index (χ2v) is 6.98. The number of benzene rings is 1. The first-order chi connectivity index (χ1) is 7.88. The van der Waals surface area contributed by atoms with Crippen LogP contribution in [0.15, 0.2) is 24.3 Å². The van der Waals surface area contributed by atoms with Crippen molar-refractivity contribution in [3.63, 3.8) is 0 Å². The van der Waals surface area contributed by atoms with Crippen molar-refractivity contribution in [3.8, 4) is 0 Å². The predicted octanol–water partition coefficient (Wildman–Crippen LogP) is 2.21. The molecule has 0 fully saturated rings. The van der Waals surface area contributed by atoms with Crippen LogP contribution >= 0.6 is 34.2 Å². The molecule has 1 aromatic carbocycles. The number of anilines is 1. The monoisotopic (exact) mass is 387 g/mol. The highest BCUT2D eigenvalue weighted by Gasteiger charge is 2.24. The number of carbonyl (C=O) groups excluding carboxylic acids is 1. The van der Waals surface area contributed by atoms with Crippen LogP contribution < -0.4 is 4.31 Å². The molecule has 0 N–H and O–H groups in total. The second kappa shape index (κ2) is 6.01. The van der Waals surface area contributed by atoms with Crippen molar-refractivity contribution in [3.05, 3.63) is 27.8 Å². The van der Waals surface area contributed by atoms with Crippen molar-refractivity contribution in [2.75, 3.05) is 16.6 Å². The summed E-state index contributed by atoms with van der Waals surface area (Å²) in [5, 5.41) is -0.707. The van der Waals surface area contributed by atoms with Gasteiger partial charge >= 0.3 is 0 Å². The number of sulfonamides is 1. The minimum Gasteiger partial charge on any atom is -0.279 e. The Kier molecular flexibility index (Phi) is 5.21. The SMILES string of the molecule is CCS(=O)(=O)N(CC(=O)Cl)c1ccccc1I. The molecule has 0 unspecified atom stereocenters. The Morgan fingerprint density at radius 2 is 2.00 bits per heavy atom. The first-order valence-electron chi connectivity index (χ1n) is 4.81. The number of carbonyl (C=O) groups is 1. The highest BCUT2D eigenvalue weighted by Crippen LogP contribution is 2.24. The molecule has 0 spiro atoms.